The van der Waals surface area contributed by atoms with Gasteiger partial charge in [-0.3, -0.25) is 4.79 Å². The summed E-state index contributed by atoms with van der Waals surface area (Å²) in [7, 11) is 0. The third-order valence-corrected chi connectivity index (χ3v) is 4.00. The lowest BCUT2D eigenvalue weighted by atomic mass is 10.1. The number of nitrogens with one attached hydrogen (secondary N) is 1. The van der Waals surface area contributed by atoms with Crippen molar-refractivity contribution in [3.05, 3.63) is 30.3 Å². The summed E-state index contributed by atoms with van der Waals surface area (Å²) in [5.74, 6) is -0.273. The van der Waals surface area contributed by atoms with Crippen LogP contribution in [0, 0.1) is 5.92 Å². The molecule has 0 fully saturated rings. The Hall–Kier alpha value is -1.03. The predicted molar refractivity (Wildman–Crippen MR) is 78.9 cm³/mol. The van der Waals surface area contributed by atoms with Crippen LogP contribution in [-0.4, -0.2) is 18.6 Å². The van der Waals surface area contributed by atoms with E-state index in [0.29, 0.717) is 5.75 Å². The van der Waals surface area contributed by atoms with Gasteiger partial charge in [0.1, 0.15) is 11.8 Å². The van der Waals surface area contributed by atoms with Gasteiger partial charge in [-0.1, -0.05) is 32.0 Å². The van der Waals surface area contributed by atoms with Crippen molar-refractivity contribution < 1.29 is 18.6 Å². The summed E-state index contributed by atoms with van der Waals surface area (Å²) in [5.41, 5.74) is 0. The lowest BCUT2D eigenvalue weighted by Gasteiger charge is -2.23. The molecule has 0 aliphatic heterocycles. The van der Waals surface area contributed by atoms with Crippen LogP contribution < -0.4 is 9.61 Å². The van der Waals surface area contributed by atoms with E-state index in [9.17, 15) is 9.36 Å². The van der Waals surface area contributed by atoms with Crippen LogP contribution in [0.1, 0.15) is 20.8 Å². The number of carbonyl (C=O) groups is 1. The largest absolute Gasteiger partial charge is 0.465 e. The molecule has 0 saturated carbocycles. The number of para-hydroxylation sites is 1. The molecule has 20 heavy (non-hydrogen) atoms. The van der Waals surface area contributed by atoms with Crippen molar-refractivity contribution in [2.24, 2.45) is 5.92 Å². The number of hydrogen-bond acceptors (Lipinski definition) is 4. The Labute approximate surface area is 123 Å². The summed E-state index contributed by atoms with van der Waals surface area (Å²) in [6.07, 6.45) is 0. The Morgan fingerprint density at radius 2 is 1.95 bits per heavy atom. The fraction of sp³-hybridized carbons (Fsp3) is 0.462. The summed E-state index contributed by atoms with van der Waals surface area (Å²) in [5, 5.41) is 2.55. The first-order chi connectivity index (χ1) is 9.35. The second kappa shape index (κ2) is 7.67. The zero-order valence-electron chi connectivity index (χ0n) is 11.7. The van der Waals surface area contributed by atoms with Gasteiger partial charge in [-0.05, 0) is 25.0 Å². The van der Waals surface area contributed by atoms with Gasteiger partial charge in [0.25, 0.3) is 0 Å². The third kappa shape index (κ3) is 5.53. The minimum Gasteiger partial charge on any atom is -0.465 e. The molecule has 0 saturated heterocycles. The highest BCUT2D eigenvalue weighted by Crippen LogP contribution is 2.49. The van der Waals surface area contributed by atoms with Gasteiger partial charge in [0.15, 0.2) is 0 Å². The SMILES string of the molecule is CCOC(=O)[C@@H](NP(=O)(Cl)Oc1ccccc1)C(C)C. The van der Waals surface area contributed by atoms with Crippen LogP contribution in [0.2, 0.25) is 0 Å². The first-order valence-electron chi connectivity index (χ1n) is 6.34. The number of halogens is 1. The molecule has 1 aromatic carbocycles. The van der Waals surface area contributed by atoms with Crippen molar-refractivity contribution >= 4 is 24.1 Å². The fourth-order valence-electron chi connectivity index (χ4n) is 1.52. The molecule has 0 spiro atoms. The minimum atomic E-state index is -3.68. The minimum absolute atomic E-state index is 0.138. The van der Waals surface area contributed by atoms with Crippen LogP contribution in [0.3, 0.4) is 0 Å². The van der Waals surface area contributed by atoms with E-state index in [4.69, 9.17) is 20.5 Å². The normalized spacial score (nSPS) is 15.4. The van der Waals surface area contributed by atoms with Gasteiger partial charge in [-0.15, -0.1) is 0 Å². The molecular weight excluding hydrogens is 301 g/mol. The standard InChI is InChI=1S/C13H19ClNO4P/c1-4-18-13(16)12(10(2)3)15-20(14,17)19-11-8-6-5-7-9-11/h5-10,12H,4H2,1-3H3,(H,15,17)/t12-,20?/m0/s1. The summed E-state index contributed by atoms with van der Waals surface area (Å²) in [4.78, 5) is 11.8. The summed E-state index contributed by atoms with van der Waals surface area (Å²) in [6.45, 7) is 1.87. The van der Waals surface area contributed by atoms with E-state index < -0.39 is 18.9 Å². The molecule has 1 aromatic rings. The number of carbonyl (C=O) groups excluding carboxylic acids is 1. The molecule has 0 amide bonds. The van der Waals surface area contributed by atoms with Gasteiger partial charge in [0.05, 0.1) is 6.61 Å². The maximum absolute atomic E-state index is 12.2. The van der Waals surface area contributed by atoms with Gasteiger partial charge in [-0.2, -0.15) is 0 Å². The molecule has 0 bridgehead atoms. The van der Waals surface area contributed by atoms with Crippen molar-refractivity contribution in [2.75, 3.05) is 6.61 Å². The highest BCUT2D eigenvalue weighted by Gasteiger charge is 2.32. The van der Waals surface area contributed by atoms with E-state index in [2.05, 4.69) is 5.09 Å². The lowest BCUT2D eigenvalue weighted by molar-refractivity contribution is -0.146. The summed E-state index contributed by atoms with van der Waals surface area (Å²) in [6, 6.07) is 7.74. The van der Waals surface area contributed by atoms with E-state index in [-0.39, 0.29) is 12.5 Å². The topological polar surface area (TPSA) is 64.6 Å². The van der Waals surface area contributed by atoms with E-state index >= 15 is 0 Å². The van der Waals surface area contributed by atoms with Crippen molar-refractivity contribution in [1.82, 2.24) is 5.09 Å². The first-order valence-corrected chi connectivity index (χ1v) is 8.87. The maximum Gasteiger partial charge on any atom is 0.409 e. The van der Waals surface area contributed by atoms with Crippen molar-refractivity contribution in [3.8, 4) is 5.75 Å². The molecular formula is C13H19ClNO4P. The van der Waals surface area contributed by atoms with Crippen molar-refractivity contribution in [1.29, 1.82) is 0 Å². The monoisotopic (exact) mass is 319 g/mol. The highest BCUT2D eigenvalue weighted by atomic mass is 35.7. The van der Waals surface area contributed by atoms with Crippen molar-refractivity contribution in [2.45, 2.75) is 26.8 Å². The quantitative estimate of drug-likeness (QED) is 0.614. The molecule has 1 rings (SSSR count). The maximum atomic E-state index is 12.2. The molecule has 7 heteroatoms. The molecule has 1 unspecified atom stereocenters. The van der Waals surface area contributed by atoms with Crippen molar-refractivity contribution in [3.63, 3.8) is 0 Å². The van der Waals surface area contributed by atoms with Crippen LogP contribution in [0.15, 0.2) is 30.3 Å². The molecule has 2 atom stereocenters. The average Bonchev–Trinajstić information content (AvgIpc) is 2.36. The smallest absolute Gasteiger partial charge is 0.409 e. The summed E-state index contributed by atoms with van der Waals surface area (Å²) >= 11 is 5.87. The molecule has 112 valence electrons. The van der Waals surface area contributed by atoms with Crippen LogP contribution in [0.25, 0.3) is 0 Å². The number of rotatable bonds is 7. The van der Waals surface area contributed by atoms with Gasteiger partial charge >= 0.3 is 12.8 Å². The number of ether oxygens (including phenoxy) is 1. The molecule has 1 N–H and O–H groups in total. The van der Waals surface area contributed by atoms with E-state index in [1.807, 2.05) is 0 Å². The van der Waals surface area contributed by atoms with Gasteiger partial charge in [0, 0.05) is 11.2 Å². The Morgan fingerprint density at radius 3 is 2.45 bits per heavy atom. The Morgan fingerprint density at radius 1 is 1.35 bits per heavy atom. The molecule has 0 aliphatic carbocycles. The molecule has 0 heterocycles. The zero-order chi connectivity index (χ0) is 15.2. The van der Waals surface area contributed by atoms with Gasteiger partial charge < -0.3 is 9.26 Å². The Bertz CT molecular complexity index is 481. The van der Waals surface area contributed by atoms with Crippen LogP contribution in [0.4, 0.5) is 0 Å². The molecule has 5 nitrogen and oxygen atoms in total. The lowest BCUT2D eigenvalue weighted by Crippen LogP contribution is -2.40. The number of hydrogen-bond donors (Lipinski definition) is 1. The molecule has 0 aliphatic rings. The van der Waals surface area contributed by atoms with E-state index in [1.54, 1.807) is 51.1 Å². The van der Waals surface area contributed by atoms with Gasteiger partial charge in [-0.25, -0.2) is 9.65 Å². The second-order valence-corrected chi connectivity index (χ2v) is 7.22. The highest BCUT2D eigenvalue weighted by molar-refractivity contribution is 7.84. The van der Waals surface area contributed by atoms with Crippen LogP contribution in [-0.2, 0) is 14.1 Å². The third-order valence-electron chi connectivity index (χ3n) is 2.47. The Balaban J connectivity index is 2.76. The summed E-state index contributed by atoms with van der Waals surface area (Å²) < 4.78 is 22.4. The first kappa shape index (κ1) is 17.0. The molecule has 0 radical (unpaired) electrons. The zero-order valence-corrected chi connectivity index (χ0v) is 13.4. The number of benzene rings is 1. The van der Waals surface area contributed by atoms with Crippen LogP contribution >= 0.6 is 18.1 Å². The van der Waals surface area contributed by atoms with E-state index in [0.717, 1.165) is 0 Å². The van der Waals surface area contributed by atoms with Gasteiger partial charge in [0.2, 0.25) is 0 Å². The number of esters is 1. The average molecular weight is 320 g/mol. The molecule has 0 aromatic heterocycles. The second-order valence-electron chi connectivity index (χ2n) is 4.49. The Kier molecular flexibility index (Phi) is 6.53. The fourth-order valence-corrected chi connectivity index (χ4v) is 3.25. The van der Waals surface area contributed by atoms with Crippen LogP contribution in [0.5, 0.6) is 5.75 Å². The predicted octanol–water partition coefficient (Wildman–Crippen LogP) is 3.59. The van der Waals surface area contributed by atoms with E-state index in [1.165, 1.54) is 0 Å².